The summed E-state index contributed by atoms with van der Waals surface area (Å²) in [5.74, 6) is 0.678. The van der Waals surface area contributed by atoms with Gasteiger partial charge in [0, 0.05) is 43.7 Å². The molecule has 0 spiro atoms. The Labute approximate surface area is 207 Å². The van der Waals surface area contributed by atoms with Gasteiger partial charge in [-0.2, -0.15) is 0 Å². The van der Waals surface area contributed by atoms with Crippen LogP contribution in [0.3, 0.4) is 0 Å². The van der Waals surface area contributed by atoms with Crippen molar-refractivity contribution in [2.24, 2.45) is 5.92 Å². The summed E-state index contributed by atoms with van der Waals surface area (Å²) in [6.07, 6.45) is 0. The topological polar surface area (TPSA) is 59.1 Å². The smallest absolute Gasteiger partial charge is 0.253 e. The van der Waals surface area contributed by atoms with E-state index in [1.807, 2.05) is 86.8 Å². The summed E-state index contributed by atoms with van der Waals surface area (Å²) < 4.78 is 11.1. The molecule has 6 nitrogen and oxygen atoms in total. The highest BCUT2D eigenvalue weighted by molar-refractivity contribution is 5.95. The molecule has 3 aromatic rings. The molecule has 0 saturated carbocycles. The molecule has 3 aromatic carbocycles. The lowest BCUT2D eigenvalue weighted by atomic mass is 9.87. The van der Waals surface area contributed by atoms with Crippen LogP contribution in [0.4, 0.5) is 0 Å². The molecule has 0 aliphatic carbocycles. The zero-order valence-corrected chi connectivity index (χ0v) is 20.7. The maximum atomic E-state index is 13.8. The summed E-state index contributed by atoms with van der Waals surface area (Å²) in [6, 6.07) is 23.1. The molecule has 182 valence electrons. The molecule has 0 N–H and O–H groups in total. The van der Waals surface area contributed by atoms with Gasteiger partial charge in [0.05, 0.1) is 20.1 Å². The first kappa shape index (κ1) is 24.3. The highest BCUT2D eigenvalue weighted by Gasteiger charge is 2.43. The second kappa shape index (κ2) is 10.6. The predicted octanol–water partition coefficient (Wildman–Crippen LogP) is 4.53. The molecule has 6 heteroatoms. The average Bonchev–Trinajstić information content (AvgIpc) is 3.33. The van der Waals surface area contributed by atoms with E-state index in [-0.39, 0.29) is 17.7 Å². The van der Waals surface area contributed by atoms with E-state index >= 15 is 0 Å². The third-order valence-electron chi connectivity index (χ3n) is 6.70. The number of carbonyl (C=O) groups excluding carboxylic acids is 2. The molecular weight excluding hydrogens is 440 g/mol. The van der Waals surface area contributed by atoms with Crippen molar-refractivity contribution in [3.8, 4) is 11.5 Å². The van der Waals surface area contributed by atoms with Crippen molar-refractivity contribution in [3.63, 3.8) is 0 Å². The van der Waals surface area contributed by atoms with Crippen molar-refractivity contribution in [2.45, 2.75) is 19.4 Å². The molecule has 2 unspecified atom stereocenters. The van der Waals surface area contributed by atoms with Crippen LogP contribution in [-0.2, 0) is 11.3 Å². The van der Waals surface area contributed by atoms with E-state index in [0.29, 0.717) is 36.7 Å². The van der Waals surface area contributed by atoms with Gasteiger partial charge in [0.2, 0.25) is 5.91 Å². The Morgan fingerprint density at radius 3 is 2.31 bits per heavy atom. The Morgan fingerprint density at radius 1 is 0.943 bits per heavy atom. The van der Waals surface area contributed by atoms with Crippen molar-refractivity contribution < 1.29 is 19.1 Å². The molecule has 1 saturated heterocycles. The van der Waals surface area contributed by atoms with Gasteiger partial charge in [-0.1, -0.05) is 48.0 Å². The van der Waals surface area contributed by atoms with Gasteiger partial charge in [-0.15, -0.1) is 0 Å². The predicted molar refractivity (Wildman–Crippen MR) is 136 cm³/mol. The van der Waals surface area contributed by atoms with Crippen LogP contribution in [0, 0.1) is 12.8 Å². The molecule has 2 amide bonds. The Morgan fingerprint density at radius 2 is 1.66 bits per heavy atom. The minimum Gasteiger partial charge on any atom is -0.497 e. The Kier molecular flexibility index (Phi) is 7.39. The van der Waals surface area contributed by atoms with Crippen LogP contribution in [-0.4, -0.2) is 56.0 Å². The molecule has 0 radical (unpaired) electrons. The van der Waals surface area contributed by atoms with Crippen molar-refractivity contribution in [1.29, 1.82) is 0 Å². The standard InChI is InChI=1S/C29H32N2O4/c1-20-10-12-22(13-11-20)28(32)31-18-25(24-16-23(34-3)14-15-27(24)35-4)26(19-31)29(33)30(2)17-21-8-6-5-7-9-21/h5-16,25-26H,17-19H2,1-4H3. The number of carbonyl (C=O) groups is 2. The number of methoxy groups -OCH3 is 2. The maximum Gasteiger partial charge on any atom is 0.253 e. The van der Waals surface area contributed by atoms with E-state index in [2.05, 4.69) is 0 Å². The SMILES string of the molecule is COc1ccc(OC)c(C2CN(C(=O)c3ccc(C)cc3)CC2C(=O)N(C)Cc2ccccc2)c1. The molecule has 1 aliphatic rings. The van der Waals surface area contributed by atoms with Gasteiger partial charge in [-0.05, 0) is 42.8 Å². The number of benzene rings is 3. The normalized spacial score (nSPS) is 17.2. The minimum atomic E-state index is -0.404. The highest BCUT2D eigenvalue weighted by Crippen LogP contribution is 2.40. The zero-order valence-electron chi connectivity index (χ0n) is 20.7. The number of aryl methyl sites for hydroxylation is 1. The molecular formula is C29H32N2O4. The number of hydrogen-bond acceptors (Lipinski definition) is 4. The summed E-state index contributed by atoms with van der Waals surface area (Å²) in [5, 5.41) is 0. The van der Waals surface area contributed by atoms with Crippen LogP contribution >= 0.6 is 0 Å². The van der Waals surface area contributed by atoms with Crippen LogP contribution in [0.2, 0.25) is 0 Å². The number of hydrogen-bond donors (Lipinski definition) is 0. The molecule has 0 aromatic heterocycles. The van der Waals surface area contributed by atoms with Crippen LogP contribution in [0.5, 0.6) is 11.5 Å². The van der Waals surface area contributed by atoms with Crippen molar-refractivity contribution in [1.82, 2.24) is 9.80 Å². The molecule has 1 fully saturated rings. The van der Waals surface area contributed by atoms with Gasteiger partial charge in [0.1, 0.15) is 11.5 Å². The summed E-state index contributed by atoms with van der Waals surface area (Å²) in [6.45, 7) is 3.26. The Balaban J connectivity index is 1.66. The van der Waals surface area contributed by atoms with Gasteiger partial charge in [0.25, 0.3) is 5.91 Å². The maximum absolute atomic E-state index is 13.8. The summed E-state index contributed by atoms with van der Waals surface area (Å²) in [5.41, 5.74) is 3.65. The average molecular weight is 473 g/mol. The van der Waals surface area contributed by atoms with E-state index in [0.717, 1.165) is 16.7 Å². The first-order chi connectivity index (χ1) is 16.9. The van der Waals surface area contributed by atoms with E-state index < -0.39 is 5.92 Å². The molecule has 35 heavy (non-hydrogen) atoms. The van der Waals surface area contributed by atoms with Crippen LogP contribution < -0.4 is 9.47 Å². The van der Waals surface area contributed by atoms with E-state index in [4.69, 9.17) is 9.47 Å². The molecule has 1 aliphatic heterocycles. The largest absolute Gasteiger partial charge is 0.497 e. The first-order valence-electron chi connectivity index (χ1n) is 11.8. The molecule has 2 atom stereocenters. The fraction of sp³-hybridized carbons (Fsp3) is 0.310. The van der Waals surface area contributed by atoms with E-state index in [1.165, 1.54) is 0 Å². The van der Waals surface area contributed by atoms with Crippen molar-refractivity contribution in [3.05, 3.63) is 95.1 Å². The Bertz CT molecular complexity index is 1180. The van der Waals surface area contributed by atoms with Crippen LogP contribution in [0.1, 0.15) is 33.0 Å². The molecule has 1 heterocycles. The van der Waals surface area contributed by atoms with E-state index in [9.17, 15) is 9.59 Å². The first-order valence-corrected chi connectivity index (χ1v) is 11.8. The quantitative estimate of drug-likeness (QED) is 0.507. The summed E-state index contributed by atoms with van der Waals surface area (Å²) in [7, 11) is 5.05. The number of nitrogens with zero attached hydrogens (tertiary/aromatic N) is 2. The number of likely N-dealkylation sites (tertiary alicyclic amines) is 1. The number of ether oxygens (including phenoxy) is 2. The van der Waals surface area contributed by atoms with Gasteiger partial charge >= 0.3 is 0 Å². The van der Waals surface area contributed by atoms with Crippen LogP contribution in [0.15, 0.2) is 72.8 Å². The second-order valence-corrected chi connectivity index (χ2v) is 9.08. The van der Waals surface area contributed by atoms with Gasteiger partial charge < -0.3 is 19.3 Å². The Hall–Kier alpha value is -3.80. The van der Waals surface area contributed by atoms with Gasteiger partial charge in [-0.25, -0.2) is 0 Å². The van der Waals surface area contributed by atoms with Crippen molar-refractivity contribution >= 4 is 11.8 Å². The number of rotatable bonds is 7. The monoisotopic (exact) mass is 472 g/mol. The van der Waals surface area contributed by atoms with Gasteiger partial charge in [-0.3, -0.25) is 9.59 Å². The second-order valence-electron chi connectivity index (χ2n) is 9.08. The lowest BCUT2D eigenvalue weighted by Crippen LogP contribution is -2.36. The third kappa shape index (κ3) is 5.32. The summed E-state index contributed by atoms with van der Waals surface area (Å²) >= 11 is 0. The fourth-order valence-electron chi connectivity index (χ4n) is 4.76. The van der Waals surface area contributed by atoms with Crippen LogP contribution in [0.25, 0.3) is 0 Å². The zero-order chi connectivity index (χ0) is 24.9. The number of amides is 2. The van der Waals surface area contributed by atoms with Gasteiger partial charge in [0.15, 0.2) is 0 Å². The third-order valence-corrected chi connectivity index (χ3v) is 6.70. The molecule has 4 rings (SSSR count). The lowest BCUT2D eigenvalue weighted by molar-refractivity contribution is -0.134. The lowest BCUT2D eigenvalue weighted by Gasteiger charge is -2.25. The van der Waals surface area contributed by atoms with E-state index in [1.54, 1.807) is 24.0 Å². The fourth-order valence-corrected chi connectivity index (χ4v) is 4.76. The van der Waals surface area contributed by atoms with Crippen molar-refractivity contribution in [2.75, 3.05) is 34.4 Å². The minimum absolute atomic E-state index is 0.00271. The summed E-state index contributed by atoms with van der Waals surface area (Å²) in [4.78, 5) is 30.7. The molecule has 0 bridgehead atoms. The highest BCUT2D eigenvalue weighted by atomic mass is 16.5.